The molecule has 0 radical (unpaired) electrons. The zero-order valence-corrected chi connectivity index (χ0v) is 8.66. The van der Waals surface area contributed by atoms with Crippen molar-refractivity contribution >= 4 is 0 Å². The second-order valence-electron chi connectivity index (χ2n) is 3.60. The Morgan fingerprint density at radius 2 is 1.71 bits per heavy atom. The Hall–Kier alpha value is -1.57. The Labute approximate surface area is 83.6 Å². The van der Waals surface area contributed by atoms with E-state index in [-0.39, 0.29) is 0 Å². The van der Waals surface area contributed by atoms with Crippen LogP contribution >= 0.6 is 0 Å². The third-order valence-corrected chi connectivity index (χ3v) is 2.64. The molecule has 2 rings (SSSR count). The van der Waals surface area contributed by atoms with Crippen LogP contribution in [0, 0.1) is 20.8 Å². The number of nitrogens with zero attached hydrogens (tertiary/aromatic N) is 1. The largest absolute Gasteiger partial charge is 0.444 e. The SMILES string of the molecule is Cc1cc(-c2cnco2)cc(C)c1C. The van der Waals surface area contributed by atoms with Crippen LogP contribution in [0.1, 0.15) is 16.7 Å². The van der Waals surface area contributed by atoms with Gasteiger partial charge in [-0.05, 0) is 49.6 Å². The van der Waals surface area contributed by atoms with Crippen molar-refractivity contribution < 1.29 is 4.42 Å². The lowest BCUT2D eigenvalue weighted by Gasteiger charge is -2.06. The van der Waals surface area contributed by atoms with Crippen molar-refractivity contribution in [1.29, 1.82) is 0 Å². The lowest BCUT2D eigenvalue weighted by molar-refractivity contribution is 0.572. The Morgan fingerprint density at radius 1 is 1.07 bits per heavy atom. The molecule has 0 spiro atoms. The summed E-state index contributed by atoms with van der Waals surface area (Å²) in [6, 6.07) is 4.26. The van der Waals surface area contributed by atoms with Crippen molar-refractivity contribution in [2.45, 2.75) is 20.8 Å². The molecule has 0 aliphatic heterocycles. The highest BCUT2D eigenvalue weighted by atomic mass is 16.3. The molecule has 0 saturated carbocycles. The molecule has 0 amide bonds. The molecule has 0 N–H and O–H groups in total. The first-order chi connectivity index (χ1) is 6.68. The molecular weight excluding hydrogens is 174 g/mol. The van der Waals surface area contributed by atoms with E-state index in [1.807, 2.05) is 0 Å². The summed E-state index contributed by atoms with van der Waals surface area (Å²) in [4.78, 5) is 3.91. The molecule has 0 unspecified atom stereocenters. The molecular formula is C12H13NO. The van der Waals surface area contributed by atoms with Crippen molar-refractivity contribution in [3.05, 3.63) is 41.4 Å². The van der Waals surface area contributed by atoms with Crippen molar-refractivity contribution in [1.82, 2.24) is 4.98 Å². The van der Waals surface area contributed by atoms with Gasteiger partial charge in [-0.1, -0.05) is 0 Å². The summed E-state index contributed by atoms with van der Waals surface area (Å²) in [5.74, 6) is 0.830. The molecule has 1 heterocycles. The minimum Gasteiger partial charge on any atom is -0.444 e. The van der Waals surface area contributed by atoms with Crippen LogP contribution in [0.4, 0.5) is 0 Å². The lowest BCUT2D eigenvalue weighted by Crippen LogP contribution is -1.87. The summed E-state index contributed by atoms with van der Waals surface area (Å²) in [6.45, 7) is 6.36. The standard InChI is InChI=1S/C12H13NO/c1-8-4-11(5-9(2)10(8)3)12-6-13-7-14-12/h4-7H,1-3H3. The fourth-order valence-electron chi connectivity index (χ4n) is 1.54. The second kappa shape index (κ2) is 3.29. The van der Waals surface area contributed by atoms with Gasteiger partial charge in [-0.3, -0.25) is 0 Å². The predicted molar refractivity (Wildman–Crippen MR) is 56.2 cm³/mol. The van der Waals surface area contributed by atoms with Crippen molar-refractivity contribution in [2.24, 2.45) is 0 Å². The minimum atomic E-state index is 0.830. The number of benzene rings is 1. The second-order valence-corrected chi connectivity index (χ2v) is 3.60. The third-order valence-electron chi connectivity index (χ3n) is 2.64. The maximum atomic E-state index is 5.26. The van der Waals surface area contributed by atoms with Crippen LogP contribution in [0.3, 0.4) is 0 Å². The number of rotatable bonds is 1. The molecule has 2 aromatic rings. The first kappa shape index (κ1) is 9.00. The van der Waals surface area contributed by atoms with E-state index in [9.17, 15) is 0 Å². The molecule has 1 aromatic carbocycles. The van der Waals surface area contributed by atoms with E-state index >= 15 is 0 Å². The van der Waals surface area contributed by atoms with E-state index < -0.39 is 0 Å². The predicted octanol–water partition coefficient (Wildman–Crippen LogP) is 3.27. The van der Waals surface area contributed by atoms with Gasteiger partial charge in [0.05, 0.1) is 6.20 Å². The highest BCUT2D eigenvalue weighted by molar-refractivity contribution is 5.60. The van der Waals surface area contributed by atoms with Gasteiger partial charge < -0.3 is 4.42 Å². The Balaban J connectivity index is 2.57. The summed E-state index contributed by atoms with van der Waals surface area (Å²) in [6.07, 6.45) is 3.20. The Kier molecular flexibility index (Phi) is 2.12. The molecule has 2 heteroatoms. The summed E-state index contributed by atoms with van der Waals surface area (Å²) in [7, 11) is 0. The molecule has 0 atom stereocenters. The van der Waals surface area contributed by atoms with Crippen LogP contribution in [0.25, 0.3) is 11.3 Å². The summed E-state index contributed by atoms with van der Waals surface area (Å²) in [5.41, 5.74) is 5.02. The van der Waals surface area contributed by atoms with Crippen LogP contribution < -0.4 is 0 Å². The van der Waals surface area contributed by atoms with Crippen molar-refractivity contribution in [2.75, 3.05) is 0 Å². The monoisotopic (exact) mass is 187 g/mol. The Morgan fingerprint density at radius 3 is 2.21 bits per heavy atom. The average molecular weight is 187 g/mol. The number of hydrogen-bond acceptors (Lipinski definition) is 2. The minimum absolute atomic E-state index is 0.830. The fraction of sp³-hybridized carbons (Fsp3) is 0.250. The smallest absolute Gasteiger partial charge is 0.181 e. The number of aromatic nitrogens is 1. The zero-order valence-electron chi connectivity index (χ0n) is 8.66. The lowest BCUT2D eigenvalue weighted by atomic mass is 10.00. The zero-order chi connectivity index (χ0) is 10.1. The molecule has 0 aliphatic carbocycles. The summed E-state index contributed by atoms with van der Waals surface area (Å²) >= 11 is 0. The highest BCUT2D eigenvalue weighted by Gasteiger charge is 2.05. The molecule has 0 saturated heterocycles. The van der Waals surface area contributed by atoms with Gasteiger partial charge in [0.15, 0.2) is 12.2 Å². The van der Waals surface area contributed by atoms with Gasteiger partial charge in [0.25, 0.3) is 0 Å². The van der Waals surface area contributed by atoms with E-state index in [2.05, 4.69) is 37.9 Å². The summed E-state index contributed by atoms with van der Waals surface area (Å²) < 4.78 is 5.26. The van der Waals surface area contributed by atoms with Gasteiger partial charge in [0.1, 0.15) is 0 Å². The first-order valence-electron chi connectivity index (χ1n) is 4.65. The third kappa shape index (κ3) is 1.43. The van der Waals surface area contributed by atoms with E-state index in [0.29, 0.717) is 0 Å². The number of hydrogen-bond donors (Lipinski definition) is 0. The maximum absolute atomic E-state index is 5.26. The van der Waals surface area contributed by atoms with Crippen molar-refractivity contribution in [3.8, 4) is 11.3 Å². The van der Waals surface area contributed by atoms with Gasteiger partial charge >= 0.3 is 0 Å². The molecule has 0 aliphatic rings. The topological polar surface area (TPSA) is 26.0 Å². The normalized spacial score (nSPS) is 10.5. The van der Waals surface area contributed by atoms with Gasteiger partial charge in [-0.15, -0.1) is 0 Å². The first-order valence-corrected chi connectivity index (χ1v) is 4.65. The summed E-state index contributed by atoms with van der Waals surface area (Å²) in [5, 5.41) is 0. The molecule has 14 heavy (non-hydrogen) atoms. The quantitative estimate of drug-likeness (QED) is 0.684. The van der Waals surface area contributed by atoms with E-state index in [1.165, 1.54) is 23.1 Å². The van der Waals surface area contributed by atoms with Gasteiger partial charge in [0.2, 0.25) is 0 Å². The van der Waals surface area contributed by atoms with Gasteiger partial charge in [0, 0.05) is 5.56 Å². The van der Waals surface area contributed by atoms with Crippen LogP contribution in [0.5, 0.6) is 0 Å². The van der Waals surface area contributed by atoms with Crippen molar-refractivity contribution in [3.63, 3.8) is 0 Å². The van der Waals surface area contributed by atoms with Gasteiger partial charge in [-0.2, -0.15) is 0 Å². The number of oxazole rings is 1. The van der Waals surface area contributed by atoms with Crippen LogP contribution in [-0.2, 0) is 0 Å². The number of aryl methyl sites for hydroxylation is 2. The fourth-order valence-corrected chi connectivity index (χ4v) is 1.54. The van der Waals surface area contributed by atoms with E-state index in [1.54, 1.807) is 6.20 Å². The maximum Gasteiger partial charge on any atom is 0.181 e. The van der Waals surface area contributed by atoms with Crippen LogP contribution in [-0.4, -0.2) is 4.98 Å². The molecule has 1 aromatic heterocycles. The van der Waals surface area contributed by atoms with Gasteiger partial charge in [-0.25, -0.2) is 4.98 Å². The molecule has 72 valence electrons. The highest BCUT2D eigenvalue weighted by Crippen LogP contribution is 2.24. The molecule has 0 bridgehead atoms. The van der Waals surface area contributed by atoms with Crippen LogP contribution in [0.15, 0.2) is 29.1 Å². The average Bonchev–Trinajstić information content (AvgIpc) is 2.66. The van der Waals surface area contributed by atoms with E-state index in [0.717, 1.165) is 11.3 Å². The van der Waals surface area contributed by atoms with Crippen LogP contribution in [0.2, 0.25) is 0 Å². The Bertz CT molecular complexity index is 420. The van der Waals surface area contributed by atoms with E-state index in [4.69, 9.17) is 4.42 Å². The molecule has 2 nitrogen and oxygen atoms in total. The molecule has 0 fully saturated rings.